The molecule has 1 heterocycles. The van der Waals surface area contributed by atoms with Gasteiger partial charge < -0.3 is 14.5 Å². The first-order chi connectivity index (χ1) is 10.4. The highest BCUT2D eigenvalue weighted by atomic mass is 35.5. The molecule has 6 nitrogen and oxygen atoms in total. The average Bonchev–Trinajstić information content (AvgIpc) is 2.93. The second-order valence-corrected chi connectivity index (χ2v) is 4.77. The van der Waals surface area contributed by atoms with E-state index in [1.807, 2.05) is 0 Å². The van der Waals surface area contributed by atoms with E-state index in [9.17, 15) is 14.0 Å². The number of hydrogen-bond donors (Lipinski definition) is 1. The minimum absolute atomic E-state index is 0.0309. The van der Waals surface area contributed by atoms with Crippen LogP contribution in [0.5, 0.6) is 0 Å². The van der Waals surface area contributed by atoms with E-state index in [0.717, 1.165) is 19.6 Å². The summed E-state index contributed by atoms with van der Waals surface area (Å²) >= 11 is 5.61. The van der Waals surface area contributed by atoms with Gasteiger partial charge in [-0.05, 0) is 24.6 Å². The summed E-state index contributed by atoms with van der Waals surface area (Å²) in [5.41, 5.74) is 0.228. The molecule has 0 saturated heterocycles. The van der Waals surface area contributed by atoms with Crippen LogP contribution in [0.2, 0.25) is 5.02 Å². The van der Waals surface area contributed by atoms with Gasteiger partial charge in [0.05, 0.1) is 12.1 Å². The molecule has 0 aliphatic carbocycles. The van der Waals surface area contributed by atoms with Crippen LogP contribution in [0.25, 0.3) is 0 Å². The molecule has 1 unspecified atom stereocenters. The van der Waals surface area contributed by atoms with Crippen molar-refractivity contribution in [1.29, 1.82) is 0 Å². The molecule has 0 radical (unpaired) electrons. The average molecular weight is 327 g/mol. The number of halogens is 2. The van der Waals surface area contributed by atoms with Crippen LogP contribution in [0.4, 0.5) is 4.39 Å². The highest BCUT2D eigenvalue weighted by molar-refractivity contribution is 6.30. The molecule has 1 aromatic carbocycles. The van der Waals surface area contributed by atoms with Crippen molar-refractivity contribution in [3.63, 3.8) is 0 Å². The summed E-state index contributed by atoms with van der Waals surface area (Å²) < 4.78 is 23.1. The molecular formula is C14H12ClFN2O4. The highest BCUT2D eigenvalue weighted by Gasteiger charge is 2.26. The molecule has 0 aliphatic rings. The van der Waals surface area contributed by atoms with Gasteiger partial charge >= 0.3 is 5.97 Å². The van der Waals surface area contributed by atoms with Gasteiger partial charge in [-0.3, -0.25) is 4.79 Å². The van der Waals surface area contributed by atoms with Crippen molar-refractivity contribution in [3.05, 3.63) is 52.5 Å². The number of amides is 1. The number of hydrogen-bond acceptors (Lipinski definition) is 5. The number of benzene rings is 1. The number of nitrogens with one attached hydrogen (secondary N) is 1. The second kappa shape index (κ2) is 6.57. The molecule has 2 aromatic rings. The first-order valence-corrected chi connectivity index (χ1v) is 6.55. The van der Waals surface area contributed by atoms with Crippen molar-refractivity contribution in [3.8, 4) is 0 Å². The third-order valence-electron chi connectivity index (χ3n) is 2.95. The number of carbonyl (C=O) groups excluding carboxylic acids is 2. The number of nitrogens with zero attached hydrogens (tertiary/aromatic N) is 1. The SMILES string of the molecule is COC(=O)C(NC(=O)c1ncoc1C)c1ccc(Cl)c(F)c1. The van der Waals surface area contributed by atoms with Gasteiger partial charge in [0, 0.05) is 0 Å². The first-order valence-electron chi connectivity index (χ1n) is 6.17. The van der Waals surface area contributed by atoms with E-state index >= 15 is 0 Å². The van der Waals surface area contributed by atoms with Gasteiger partial charge in [0.15, 0.2) is 18.1 Å². The summed E-state index contributed by atoms with van der Waals surface area (Å²) in [5.74, 6) is -1.81. The van der Waals surface area contributed by atoms with Crippen LogP contribution >= 0.6 is 11.6 Å². The Balaban J connectivity index is 2.31. The second-order valence-electron chi connectivity index (χ2n) is 4.36. The molecular weight excluding hydrogens is 315 g/mol. The van der Waals surface area contributed by atoms with Crippen LogP contribution in [0.15, 0.2) is 29.0 Å². The summed E-state index contributed by atoms with van der Waals surface area (Å²) in [6, 6.07) is 2.57. The lowest BCUT2D eigenvalue weighted by Gasteiger charge is -2.16. The van der Waals surface area contributed by atoms with Gasteiger partial charge in [0.1, 0.15) is 11.6 Å². The van der Waals surface area contributed by atoms with Gasteiger partial charge in [-0.25, -0.2) is 14.2 Å². The molecule has 0 saturated carbocycles. The van der Waals surface area contributed by atoms with E-state index in [2.05, 4.69) is 15.0 Å². The predicted octanol–water partition coefficient (Wildman–Crippen LogP) is 2.42. The van der Waals surface area contributed by atoms with Crippen LogP contribution in [-0.2, 0) is 9.53 Å². The van der Waals surface area contributed by atoms with Crippen LogP contribution in [0.1, 0.15) is 27.9 Å². The van der Waals surface area contributed by atoms with E-state index in [-0.39, 0.29) is 16.3 Å². The lowest BCUT2D eigenvalue weighted by atomic mass is 10.1. The topological polar surface area (TPSA) is 81.4 Å². The maximum Gasteiger partial charge on any atom is 0.333 e. The van der Waals surface area contributed by atoms with E-state index < -0.39 is 23.7 Å². The molecule has 116 valence electrons. The molecule has 0 spiro atoms. The zero-order chi connectivity index (χ0) is 16.3. The summed E-state index contributed by atoms with van der Waals surface area (Å²) in [6.45, 7) is 1.55. The number of rotatable bonds is 4. The van der Waals surface area contributed by atoms with E-state index in [0.29, 0.717) is 5.76 Å². The van der Waals surface area contributed by atoms with Crippen molar-refractivity contribution in [2.45, 2.75) is 13.0 Å². The standard InChI is InChI=1S/C14H12ClFN2O4/c1-7-11(17-6-22-7)13(19)18-12(14(20)21-2)8-3-4-9(15)10(16)5-8/h3-6,12H,1-2H3,(H,18,19). The Hall–Kier alpha value is -2.41. The third kappa shape index (κ3) is 3.25. The number of esters is 1. The Morgan fingerprint density at radius 3 is 2.73 bits per heavy atom. The van der Waals surface area contributed by atoms with Crippen molar-refractivity contribution >= 4 is 23.5 Å². The van der Waals surface area contributed by atoms with Crippen LogP contribution in [0.3, 0.4) is 0 Å². The normalized spacial score (nSPS) is 11.8. The van der Waals surface area contributed by atoms with Gasteiger partial charge in [0.25, 0.3) is 5.91 Å². The van der Waals surface area contributed by atoms with Crippen LogP contribution in [0, 0.1) is 12.7 Å². The van der Waals surface area contributed by atoms with Crippen LogP contribution < -0.4 is 5.32 Å². The lowest BCUT2D eigenvalue weighted by molar-refractivity contribution is -0.143. The summed E-state index contributed by atoms with van der Waals surface area (Å²) in [6.07, 6.45) is 1.11. The molecule has 1 N–H and O–H groups in total. The number of aryl methyl sites for hydroxylation is 1. The quantitative estimate of drug-likeness (QED) is 0.873. The van der Waals surface area contributed by atoms with Crippen LogP contribution in [-0.4, -0.2) is 24.0 Å². The largest absolute Gasteiger partial charge is 0.467 e. The van der Waals surface area contributed by atoms with Gasteiger partial charge in [0.2, 0.25) is 0 Å². The smallest absolute Gasteiger partial charge is 0.333 e. The number of aromatic nitrogens is 1. The Kier molecular flexibility index (Phi) is 4.77. The number of ether oxygens (including phenoxy) is 1. The Bertz CT molecular complexity index is 717. The molecule has 1 atom stereocenters. The lowest BCUT2D eigenvalue weighted by Crippen LogP contribution is -2.35. The fraction of sp³-hybridized carbons (Fsp3) is 0.214. The van der Waals surface area contributed by atoms with Crippen molar-refractivity contribution in [2.75, 3.05) is 7.11 Å². The fourth-order valence-electron chi connectivity index (χ4n) is 1.81. The molecule has 1 amide bonds. The number of carbonyl (C=O) groups is 2. The fourth-order valence-corrected chi connectivity index (χ4v) is 1.93. The van der Waals surface area contributed by atoms with E-state index in [4.69, 9.17) is 16.0 Å². The minimum atomic E-state index is -1.19. The number of methoxy groups -OCH3 is 1. The molecule has 0 fully saturated rings. The molecule has 8 heteroatoms. The number of oxazole rings is 1. The Labute approximate surface area is 130 Å². The third-order valence-corrected chi connectivity index (χ3v) is 3.26. The van der Waals surface area contributed by atoms with Gasteiger partial charge in [-0.15, -0.1) is 0 Å². The van der Waals surface area contributed by atoms with Gasteiger partial charge in [-0.1, -0.05) is 17.7 Å². The van der Waals surface area contributed by atoms with Crippen molar-refractivity contribution in [1.82, 2.24) is 10.3 Å². The monoisotopic (exact) mass is 326 g/mol. The zero-order valence-corrected chi connectivity index (χ0v) is 12.5. The molecule has 1 aromatic heterocycles. The predicted molar refractivity (Wildman–Crippen MR) is 74.9 cm³/mol. The molecule has 0 bridgehead atoms. The maximum absolute atomic E-state index is 13.6. The summed E-state index contributed by atoms with van der Waals surface area (Å²) in [4.78, 5) is 27.7. The maximum atomic E-state index is 13.6. The van der Waals surface area contributed by atoms with E-state index in [1.165, 1.54) is 12.1 Å². The summed E-state index contributed by atoms with van der Waals surface area (Å²) in [7, 11) is 1.16. The van der Waals surface area contributed by atoms with Crippen molar-refractivity contribution in [2.24, 2.45) is 0 Å². The highest BCUT2D eigenvalue weighted by Crippen LogP contribution is 2.22. The van der Waals surface area contributed by atoms with Gasteiger partial charge in [-0.2, -0.15) is 0 Å². The Morgan fingerprint density at radius 2 is 2.18 bits per heavy atom. The Morgan fingerprint density at radius 1 is 1.45 bits per heavy atom. The summed E-state index contributed by atoms with van der Waals surface area (Å²) in [5, 5.41) is 2.34. The van der Waals surface area contributed by atoms with E-state index in [1.54, 1.807) is 6.92 Å². The molecule has 0 aliphatic heterocycles. The molecule has 22 heavy (non-hydrogen) atoms. The first kappa shape index (κ1) is 16.0. The zero-order valence-electron chi connectivity index (χ0n) is 11.7. The van der Waals surface area contributed by atoms with Crippen molar-refractivity contribution < 1.29 is 23.1 Å². The minimum Gasteiger partial charge on any atom is -0.467 e. The molecule has 2 rings (SSSR count).